The minimum atomic E-state index is -0.349. The van der Waals surface area contributed by atoms with Crippen LogP contribution >= 0.6 is 0 Å². The summed E-state index contributed by atoms with van der Waals surface area (Å²) in [4.78, 5) is 25.4. The summed E-state index contributed by atoms with van der Waals surface area (Å²) in [5.41, 5.74) is 0.273. The lowest BCUT2D eigenvalue weighted by molar-refractivity contribution is 0.0915. The zero-order valence-electron chi connectivity index (χ0n) is 13.2. The molecule has 0 bridgehead atoms. The monoisotopic (exact) mass is 304 g/mol. The first-order chi connectivity index (χ1) is 10.5. The van der Waals surface area contributed by atoms with E-state index in [1.807, 2.05) is 0 Å². The Bertz CT molecular complexity index is 545. The molecule has 2 unspecified atom stereocenters. The van der Waals surface area contributed by atoms with Gasteiger partial charge in [0.25, 0.3) is 5.91 Å². The lowest BCUT2D eigenvalue weighted by atomic mass is 9.99. The normalized spacial score (nSPS) is 20.4. The van der Waals surface area contributed by atoms with E-state index in [0.29, 0.717) is 18.7 Å². The van der Waals surface area contributed by atoms with Gasteiger partial charge in [-0.05, 0) is 44.4 Å². The molecule has 1 heterocycles. The van der Waals surface area contributed by atoms with Crippen molar-refractivity contribution in [2.45, 2.75) is 32.7 Å². The molecule has 2 N–H and O–H groups in total. The van der Waals surface area contributed by atoms with Gasteiger partial charge in [0, 0.05) is 19.1 Å². The van der Waals surface area contributed by atoms with Crippen LogP contribution in [-0.4, -0.2) is 47.9 Å². The van der Waals surface area contributed by atoms with Crippen molar-refractivity contribution in [3.63, 3.8) is 0 Å². The number of hydrogen-bond acceptors (Lipinski definition) is 4. The van der Waals surface area contributed by atoms with Crippen LogP contribution in [0.2, 0.25) is 0 Å². The highest BCUT2D eigenvalue weighted by Gasteiger charge is 2.22. The second-order valence-corrected chi connectivity index (χ2v) is 6.16. The molecule has 22 heavy (non-hydrogen) atoms. The molecule has 2 rings (SSSR count). The third kappa shape index (κ3) is 3.85. The number of aromatic hydroxyl groups is 1. The highest BCUT2D eigenvalue weighted by Crippen LogP contribution is 2.21. The molecule has 1 aromatic carbocycles. The minimum absolute atomic E-state index is 0.130. The Morgan fingerprint density at radius 3 is 3.00 bits per heavy atom. The van der Waals surface area contributed by atoms with Crippen LogP contribution in [0.1, 0.15) is 47.4 Å². The molecule has 120 valence electrons. The van der Waals surface area contributed by atoms with Crippen LogP contribution in [-0.2, 0) is 0 Å². The van der Waals surface area contributed by atoms with Crippen molar-refractivity contribution in [1.29, 1.82) is 0 Å². The second-order valence-electron chi connectivity index (χ2n) is 6.16. The molecule has 0 aromatic heterocycles. The van der Waals surface area contributed by atoms with E-state index in [-0.39, 0.29) is 28.8 Å². The molecule has 5 nitrogen and oxygen atoms in total. The van der Waals surface area contributed by atoms with Gasteiger partial charge in [-0.1, -0.05) is 13.0 Å². The van der Waals surface area contributed by atoms with Crippen LogP contribution in [0.15, 0.2) is 18.2 Å². The van der Waals surface area contributed by atoms with E-state index in [0.717, 1.165) is 13.1 Å². The molecule has 5 heteroatoms. The summed E-state index contributed by atoms with van der Waals surface area (Å²) in [6.07, 6.45) is 3.01. The van der Waals surface area contributed by atoms with Crippen LogP contribution in [0.25, 0.3) is 0 Å². The van der Waals surface area contributed by atoms with E-state index in [2.05, 4.69) is 24.1 Å². The highest BCUT2D eigenvalue weighted by atomic mass is 16.3. The van der Waals surface area contributed by atoms with Gasteiger partial charge in [-0.2, -0.15) is 0 Å². The van der Waals surface area contributed by atoms with Crippen molar-refractivity contribution < 1.29 is 14.7 Å². The number of hydrogen-bond donors (Lipinski definition) is 2. The average molecular weight is 304 g/mol. The van der Waals surface area contributed by atoms with E-state index < -0.39 is 0 Å². The summed E-state index contributed by atoms with van der Waals surface area (Å²) in [6, 6.07) is 4.85. The number of benzene rings is 1. The largest absolute Gasteiger partial charge is 0.506 e. The summed E-state index contributed by atoms with van der Waals surface area (Å²) in [7, 11) is 0. The highest BCUT2D eigenvalue weighted by molar-refractivity contribution is 5.99. The molecule has 0 spiro atoms. The van der Waals surface area contributed by atoms with Gasteiger partial charge in [0.05, 0.1) is 11.1 Å². The quantitative estimate of drug-likeness (QED) is 0.817. The van der Waals surface area contributed by atoms with E-state index >= 15 is 0 Å². The number of carbonyl (C=O) groups excluding carboxylic acids is 2. The Morgan fingerprint density at radius 1 is 1.55 bits per heavy atom. The van der Waals surface area contributed by atoms with Crippen LogP contribution in [0, 0.1) is 5.92 Å². The van der Waals surface area contributed by atoms with Crippen molar-refractivity contribution in [1.82, 2.24) is 10.2 Å². The van der Waals surface area contributed by atoms with E-state index in [4.69, 9.17) is 0 Å². The Morgan fingerprint density at radius 2 is 2.32 bits per heavy atom. The number of rotatable bonds is 5. The van der Waals surface area contributed by atoms with Gasteiger partial charge in [-0.25, -0.2) is 0 Å². The fourth-order valence-electron chi connectivity index (χ4n) is 2.93. The number of carbonyl (C=O) groups is 2. The number of likely N-dealkylation sites (tertiary alicyclic amines) is 1. The minimum Gasteiger partial charge on any atom is -0.506 e. The Labute approximate surface area is 131 Å². The molecule has 0 saturated carbocycles. The average Bonchev–Trinajstić information content (AvgIpc) is 2.52. The first-order valence-electron chi connectivity index (χ1n) is 7.82. The van der Waals surface area contributed by atoms with Crippen molar-refractivity contribution >= 4 is 12.2 Å². The van der Waals surface area contributed by atoms with Gasteiger partial charge >= 0.3 is 0 Å². The van der Waals surface area contributed by atoms with Gasteiger partial charge in [0.2, 0.25) is 0 Å². The SMILES string of the molecule is CC1CCCN(C(C)CNC(=O)c2cccc(C=O)c2O)C1. The van der Waals surface area contributed by atoms with Crippen molar-refractivity contribution in [3.05, 3.63) is 29.3 Å². The van der Waals surface area contributed by atoms with E-state index in [9.17, 15) is 14.7 Å². The lowest BCUT2D eigenvalue weighted by Crippen LogP contribution is -2.46. The predicted octanol–water partition coefficient (Wildman–Crippen LogP) is 2.05. The number of para-hydroxylation sites is 1. The van der Waals surface area contributed by atoms with Gasteiger partial charge in [0.15, 0.2) is 6.29 Å². The third-order valence-corrected chi connectivity index (χ3v) is 4.31. The summed E-state index contributed by atoms with van der Waals surface area (Å²) in [5.74, 6) is 0.0903. The first kappa shape index (κ1) is 16.5. The Hall–Kier alpha value is -1.88. The molecule has 1 saturated heterocycles. The van der Waals surface area contributed by atoms with Gasteiger partial charge in [-0.15, -0.1) is 0 Å². The third-order valence-electron chi connectivity index (χ3n) is 4.31. The van der Waals surface area contributed by atoms with Gasteiger partial charge in [0.1, 0.15) is 5.75 Å². The van der Waals surface area contributed by atoms with Crippen molar-refractivity contribution in [2.24, 2.45) is 5.92 Å². The molecular weight excluding hydrogens is 280 g/mol. The smallest absolute Gasteiger partial charge is 0.255 e. The van der Waals surface area contributed by atoms with Crippen molar-refractivity contribution in [3.8, 4) is 5.75 Å². The molecule has 1 fully saturated rings. The number of nitrogens with zero attached hydrogens (tertiary/aromatic N) is 1. The van der Waals surface area contributed by atoms with Gasteiger partial charge in [-0.3, -0.25) is 14.5 Å². The number of amides is 1. The van der Waals surface area contributed by atoms with Crippen molar-refractivity contribution in [2.75, 3.05) is 19.6 Å². The molecule has 2 atom stereocenters. The Balaban J connectivity index is 1.93. The molecule has 1 aliphatic rings. The van der Waals surface area contributed by atoms with E-state index in [1.165, 1.54) is 25.0 Å². The maximum Gasteiger partial charge on any atom is 0.255 e. The number of piperidine rings is 1. The van der Waals surface area contributed by atoms with E-state index in [1.54, 1.807) is 6.07 Å². The molecule has 1 aliphatic heterocycles. The molecule has 0 aliphatic carbocycles. The summed E-state index contributed by atoms with van der Waals surface area (Å²) >= 11 is 0. The fraction of sp³-hybridized carbons (Fsp3) is 0.529. The summed E-state index contributed by atoms with van der Waals surface area (Å²) in [5, 5.41) is 12.8. The van der Waals surface area contributed by atoms with Crippen LogP contribution < -0.4 is 5.32 Å². The lowest BCUT2D eigenvalue weighted by Gasteiger charge is -2.35. The standard InChI is InChI=1S/C17H24N2O3/c1-12-5-4-8-19(10-12)13(2)9-18-17(22)15-7-3-6-14(11-20)16(15)21/h3,6-7,11-13,21H,4-5,8-10H2,1-2H3,(H,18,22). The summed E-state index contributed by atoms with van der Waals surface area (Å²) < 4.78 is 0. The predicted molar refractivity (Wildman–Crippen MR) is 85.3 cm³/mol. The Kier molecular flexibility index (Phi) is 5.55. The first-order valence-corrected chi connectivity index (χ1v) is 7.82. The number of phenols is 1. The zero-order chi connectivity index (χ0) is 16.1. The topological polar surface area (TPSA) is 69.6 Å². The number of nitrogens with one attached hydrogen (secondary N) is 1. The fourth-order valence-corrected chi connectivity index (χ4v) is 2.93. The van der Waals surface area contributed by atoms with Gasteiger partial charge < -0.3 is 10.4 Å². The molecule has 1 aromatic rings. The maximum absolute atomic E-state index is 12.2. The molecule has 1 amide bonds. The second kappa shape index (κ2) is 7.40. The van der Waals surface area contributed by atoms with Crippen LogP contribution in [0.4, 0.5) is 0 Å². The number of phenolic OH excluding ortho intramolecular Hbond substituents is 1. The number of aldehydes is 1. The molecular formula is C17H24N2O3. The van der Waals surface area contributed by atoms with Crippen LogP contribution in [0.3, 0.4) is 0 Å². The maximum atomic E-state index is 12.2. The summed E-state index contributed by atoms with van der Waals surface area (Å²) in [6.45, 7) is 6.99. The van der Waals surface area contributed by atoms with Crippen LogP contribution in [0.5, 0.6) is 5.75 Å². The molecule has 0 radical (unpaired) electrons. The zero-order valence-corrected chi connectivity index (χ0v) is 13.2.